The molecule has 0 N–H and O–H groups in total. The van der Waals surface area contributed by atoms with Crippen molar-refractivity contribution < 1.29 is 13.2 Å². The fourth-order valence-electron chi connectivity index (χ4n) is 8.90. The zero-order chi connectivity index (χ0) is 44.3. The van der Waals surface area contributed by atoms with Gasteiger partial charge in [0.25, 0.3) is 0 Å². The number of benzene rings is 8. The third-order valence-electron chi connectivity index (χ3n) is 11.7. The van der Waals surface area contributed by atoms with Crippen molar-refractivity contribution in [2.75, 3.05) is 0 Å². The zero-order valence-corrected chi connectivity index (χ0v) is 33.3. The minimum absolute atomic E-state index is 0.200. The lowest BCUT2D eigenvalue weighted by atomic mass is 9.96. The van der Waals surface area contributed by atoms with Crippen molar-refractivity contribution in [2.45, 2.75) is 6.18 Å². The molecule has 0 amide bonds. The van der Waals surface area contributed by atoms with E-state index in [1.165, 1.54) is 6.07 Å². The summed E-state index contributed by atoms with van der Waals surface area (Å²) in [6, 6.07) is 56.4. The Kier molecular flexibility index (Phi) is 9.06. The van der Waals surface area contributed by atoms with E-state index in [0.29, 0.717) is 61.4 Å². The Balaban J connectivity index is 1.29. The first-order valence-corrected chi connectivity index (χ1v) is 19.9. The highest BCUT2D eigenvalue weighted by atomic mass is 19.4. The molecule has 0 unspecified atom stereocenters. The number of aromatic nitrogens is 2. The molecule has 0 radical (unpaired) electrons. The Bertz CT molecular complexity index is 3850. The molecule has 0 aliphatic rings. The molecular weight excluding hydrogens is 804 g/mol. The quantitative estimate of drug-likeness (QED) is 0.171. The molecule has 0 atom stereocenters. The van der Waals surface area contributed by atoms with Gasteiger partial charge in [-0.1, -0.05) is 78.9 Å². The lowest BCUT2D eigenvalue weighted by Gasteiger charge is -2.20. The summed E-state index contributed by atoms with van der Waals surface area (Å²) in [5.74, 6) is 0. The molecule has 0 saturated carbocycles. The average molecular weight is 830 g/mol. The number of alkyl halides is 3. The van der Waals surface area contributed by atoms with Gasteiger partial charge in [-0.25, -0.2) is 0 Å². The Morgan fingerprint density at radius 3 is 1.42 bits per heavy atom. The van der Waals surface area contributed by atoms with Crippen LogP contribution in [0.3, 0.4) is 0 Å². The Hall–Kier alpha value is -9.40. The maximum Gasteiger partial charge on any atom is 0.416 e. The van der Waals surface area contributed by atoms with Crippen LogP contribution in [-0.2, 0) is 6.18 Å². The number of hydrogen-bond donors (Lipinski definition) is 0. The van der Waals surface area contributed by atoms with E-state index in [0.717, 1.165) is 55.8 Å². The predicted molar refractivity (Wildman–Crippen MR) is 240 cm³/mol. The molecule has 10 rings (SSSR count). The van der Waals surface area contributed by atoms with Gasteiger partial charge in [0, 0.05) is 27.1 Å². The molecule has 8 aromatic carbocycles. The first-order chi connectivity index (χ1) is 31.1. The van der Waals surface area contributed by atoms with Gasteiger partial charge in [-0.3, -0.25) is 0 Å². The highest BCUT2D eigenvalue weighted by molar-refractivity contribution is 6.13. The summed E-state index contributed by atoms with van der Waals surface area (Å²) in [5.41, 5.74) is 7.91. The monoisotopic (exact) mass is 829 g/mol. The molecule has 0 fully saturated rings. The molecule has 0 bridgehead atoms. The van der Waals surface area contributed by atoms with Crippen molar-refractivity contribution in [1.82, 2.24) is 9.13 Å². The molecule has 2 heterocycles. The fraction of sp³-hybridized carbons (Fsp3) is 0.0185. The van der Waals surface area contributed by atoms with Crippen LogP contribution in [0.25, 0.3) is 88.4 Å². The predicted octanol–water partition coefficient (Wildman–Crippen LogP) is 13.3. The number of halogens is 3. The van der Waals surface area contributed by atoms with Gasteiger partial charge in [0.1, 0.15) is 11.6 Å². The second-order valence-corrected chi connectivity index (χ2v) is 15.2. The van der Waals surface area contributed by atoms with Crippen molar-refractivity contribution in [3.05, 3.63) is 191 Å². The molecule has 0 spiro atoms. The van der Waals surface area contributed by atoms with E-state index in [9.17, 15) is 39.5 Å². The van der Waals surface area contributed by atoms with Gasteiger partial charge >= 0.3 is 6.18 Å². The van der Waals surface area contributed by atoms with Crippen LogP contribution in [0, 0.1) is 56.7 Å². The normalized spacial score (nSPS) is 11.3. The number of para-hydroxylation sites is 2. The van der Waals surface area contributed by atoms with Gasteiger partial charge in [0.15, 0.2) is 0 Å². The van der Waals surface area contributed by atoms with Gasteiger partial charge in [-0.05, 0) is 107 Å². The van der Waals surface area contributed by atoms with Gasteiger partial charge < -0.3 is 9.13 Å². The third-order valence-corrected chi connectivity index (χ3v) is 11.7. The first kappa shape index (κ1) is 38.8. The SMILES string of the molecule is N#Cc1ccc(-c2ccc3c(c2)c2ccccc2n3-c2ccc(-c3cccc(C(F)(F)F)c3)c(-n3c4ccccc4c4cc(-c5ccc(C#N)cc5C#N)ccc43)c2C#N)c(C#N)c1. The van der Waals surface area contributed by atoms with Crippen molar-refractivity contribution >= 4 is 43.6 Å². The summed E-state index contributed by atoms with van der Waals surface area (Å²) in [6.45, 7) is 0. The van der Waals surface area contributed by atoms with E-state index in [1.54, 1.807) is 54.6 Å². The van der Waals surface area contributed by atoms with Crippen molar-refractivity contribution in [3.8, 4) is 75.1 Å². The van der Waals surface area contributed by atoms with E-state index in [2.05, 4.69) is 30.3 Å². The summed E-state index contributed by atoms with van der Waals surface area (Å²) in [6.07, 6.45) is -4.63. The van der Waals surface area contributed by atoms with Crippen LogP contribution in [0.2, 0.25) is 0 Å². The lowest BCUT2D eigenvalue weighted by Crippen LogP contribution is -2.07. The minimum Gasteiger partial charge on any atom is -0.308 e. The van der Waals surface area contributed by atoms with Gasteiger partial charge in [-0.2, -0.15) is 39.5 Å². The standard InChI is InChI=1S/C54H26F3N7/c55-54(56,57)39-7-5-6-34(24-39)42-18-21-52(63-48-10-3-1-8-43(48)45-25-35(14-19-50(45)63)40-16-12-32(27-58)22-37(40)29-60)47(31-62)53(42)64-49-11-4-2-9-44(49)46-26-36(15-20-51(46)64)41-17-13-33(28-59)23-38(41)30-61/h1-26H. The Morgan fingerprint density at radius 1 is 0.391 bits per heavy atom. The minimum atomic E-state index is -4.63. The molecular formula is C54H26F3N7. The molecule has 0 aliphatic heterocycles. The summed E-state index contributed by atoms with van der Waals surface area (Å²) in [4.78, 5) is 0. The van der Waals surface area contributed by atoms with Crippen LogP contribution in [0.4, 0.5) is 13.2 Å². The van der Waals surface area contributed by atoms with Gasteiger partial charge in [-0.15, -0.1) is 0 Å². The van der Waals surface area contributed by atoms with E-state index in [4.69, 9.17) is 0 Å². The van der Waals surface area contributed by atoms with Crippen LogP contribution in [0.15, 0.2) is 158 Å². The maximum atomic E-state index is 14.3. The van der Waals surface area contributed by atoms with Crippen LogP contribution in [0.1, 0.15) is 33.4 Å². The molecule has 298 valence electrons. The maximum absolute atomic E-state index is 14.3. The number of nitrogens with zero attached hydrogens (tertiary/aromatic N) is 7. The summed E-state index contributed by atoms with van der Waals surface area (Å²) in [7, 11) is 0. The summed E-state index contributed by atoms with van der Waals surface area (Å²) in [5, 5.41) is 53.8. The molecule has 64 heavy (non-hydrogen) atoms. The Labute approximate surface area is 363 Å². The number of hydrogen-bond acceptors (Lipinski definition) is 5. The van der Waals surface area contributed by atoms with Crippen molar-refractivity contribution in [1.29, 1.82) is 26.3 Å². The van der Waals surface area contributed by atoms with E-state index in [1.807, 2.05) is 94.1 Å². The molecule has 0 saturated heterocycles. The molecule has 10 aromatic rings. The van der Waals surface area contributed by atoms with Gasteiger partial charge in [0.05, 0.1) is 85.5 Å². The topological polar surface area (TPSA) is 129 Å². The van der Waals surface area contributed by atoms with Crippen LogP contribution in [0.5, 0.6) is 0 Å². The van der Waals surface area contributed by atoms with Crippen LogP contribution < -0.4 is 0 Å². The second-order valence-electron chi connectivity index (χ2n) is 15.2. The Morgan fingerprint density at radius 2 is 0.891 bits per heavy atom. The van der Waals surface area contributed by atoms with E-state index in [-0.39, 0.29) is 11.1 Å². The molecule has 2 aromatic heterocycles. The number of fused-ring (bicyclic) bond motifs is 6. The van der Waals surface area contributed by atoms with Crippen molar-refractivity contribution in [3.63, 3.8) is 0 Å². The molecule has 10 heteroatoms. The van der Waals surface area contributed by atoms with Crippen molar-refractivity contribution in [2.24, 2.45) is 0 Å². The van der Waals surface area contributed by atoms with Gasteiger partial charge in [0.2, 0.25) is 0 Å². The van der Waals surface area contributed by atoms with E-state index >= 15 is 0 Å². The largest absolute Gasteiger partial charge is 0.416 e. The number of rotatable bonds is 5. The summed E-state index contributed by atoms with van der Waals surface area (Å²) < 4.78 is 46.9. The smallest absolute Gasteiger partial charge is 0.308 e. The van der Waals surface area contributed by atoms with Crippen LogP contribution >= 0.6 is 0 Å². The lowest BCUT2D eigenvalue weighted by molar-refractivity contribution is -0.137. The highest BCUT2D eigenvalue weighted by Gasteiger charge is 2.31. The third kappa shape index (κ3) is 6.09. The summed E-state index contributed by atoms with van der Waals surface area (Å²) >= 11 is 0. The first-order valence-electron chi connectivity index (χ1n) is 19.9. The van der Waals surface area contributed by atoms with Crippen LogP contribution in [-0.4, -0.2) is 9.13 Å². The molecule has 0 aliphatic carbocycles. The van der Waals surface area contributed by atoms with E-state index < -0.39 is 11.7 Å². The fourth-order valence-corrected chi connectivity index (χ4v) is 8.90. The average Bonchev–Trinajstić information content (AvgIpc) is 3.84. The number of nitriles is 5. The zero-order valence-electron chi connectivity index (χ0n) is 33.3. The second kappa shape index (κ2) is 14.9. The molecule has 7 nitrogen and oxygen atoms in total. The highest BCUT2D eigenvalue weighted by Crippen LogP contribution is 2.44.